The van der Waals surface area contributed by atoms with E-state index in [0.717, 1.165) is 37.7 Å². The second-order valence-corrected chi connectivity index (χ2v) is 5.63. The molecule has 2 atom stereocenters. The lowest BCUT2D eigenvalue weighted by Crippen LogP contribution is -2.30. The first kappa shape index (κ1) is 12.5. The molecule has 2 aliphatic heterocycles. The summed E-state index contributed by atoms with van der Waals surface area (Å²) in [4.78, 5) is 11.1. The molecule has 2 heterocycles. The molecule has 0 spiro atoms. The molecule has 0 saturated carbocycles. The maximum atomic E-state index is 11.1. The number of benzene rings is 1. The summed E-state index contributed by atoms with van der Waals surface area (Å²) < 4.78 is 0. The van der Waals surface area contributed by atoms with Gasteiger partial charge in [-0.05, 0) is 62.0 Å². The Kier molecular flexibility index (Phi) is 3.42. The van der Waals surface area contributed by atoms with Crippen molar-refractivity contribution >= 4 is 11.7 Å². The third-order valence-corrected chi connectivity index (χ3v) is 4.29. The van der Waals surface area contributed by atoms with Crippen LogP contribution in [0, 0.1) is 5.92 Å². The molecule has 0 bridgehead atoms. The number of rotatable bonds is 3. The van der Waals surface area contributed by atoms with Crippen LogP contribution in [0.25, 0.3) is 0 Å². The summed E-state index contributed by atoms with van der Waals surface area (Å²) in [6.45, 7) is 3.18. The van der Waals surface area contributed by atoms with E-state index in [9.17, 15) is 4.79 Å². The van der Waals surface area contributed by atoms with E-state index >= 15 is 0 Å². The summed E-state index contributed by atoms with van der Waals surface area (Å²) >= 11 is 0. The first-order chi connectivity index (χ1) is 9.24. The zero-order valence-corrected chi connectivity index (χ0v) is 11.0. The number of carboxylic acid groups (broad SMARTS) is 1. The van der Waals surface area contributed by atoms with Crippen molar-refractivity contribution in [3.63, 3.8) is 0 Å². The second kappa shape index (κ2) is 5.21. The first-order valence-electron chi connectivity index (χ1n) is 7.06. The minimum absolute atomic E-state index is 0.397. The van der Waals surface area contributed by atoms with Crippen molar-refractivity contribution in [3.8, 4) is 0 Å². The Labute approximate surface area is 113 Å². The lowest BCUT2D eigenvalue weighted by molar-refractivity contribution is 0.0697. The van der Waals surface area contributed by atoms with Crippen LogP contribution in [-0.4, -0.2) is 30.7 Å². The van der Waals surface area contributed by atoms with E-state index in [4.69, 9.17) is 5.11 Å². The van der Waals surface area contributed by atoms with Crippen LogP contribution in [0.2, 0.25) is 0 Å². The molecule has 102 valence electrons. The number of carboxylic acids is 1. The van der Waals surface area contributed by atoms with Gasteiger partial charge in [-0.15, -0.1) is 0 Å². The van der Waals surface area contributed by atoms with Gasteiger partial charge in [-0.2, -0.15) is 0 Å². The predicted molar refractivity (Wildman–Crippen MR) is 74.8 cm³/mol. The quantitative estimate of drug-likeness (QED) is 0.780. The molecular weight excluding hydrogens is 240 g/mol. The maximum absolute atomic E-state index is 11.1. The van der Waals surface area contributed by atoms with Crippen LogP contribution in [0.3, 0.4) is 0 Å². The zero-order chi connectivity index (χ0) is 13.2. The Hall–Kier alpha value is -1.55. The molecule has 2 unspecified atom stereocenters. The summed E-state index contributed by atoms with van der Waals surface area (Å²) in [7, 11) is 0. The summed E-state index contributed by atoms with van der Waals surface area (Å²) in [6, 6.07) is 5.43. The largest absolute Gasteiger partial charge is 0.478 e. The first-order valence-corrected chi connectivity index (χ1v) is 7.06. The molecule has 19 heavy (non-hydrogen) atoms. The van der Waals surface area contributed by atoms with E-state index in [1.54, 1.807) is 6.07 Å². The number of carbonyl (C=O) groups is 1. The third-order valence-electron chi connectivity index (χ3n) is 4.29. The maximum Gasteiger partial charge on any atom is 0.335 e. The van der Waals surface area contributed by atoms with Crippen molar-refractivity contribution in [2.75, 3.05) is 25.0 Å². The normalized spacial score (nSPS) is 25.7. The number of anilines is 1. The summed E-state index contributed by atoms with van der Waals surface area (Å²) in [5, 5.41) is 15.9. The number of nitrogens with one attached hydrogen (secondary N) is 2. The summed E-state index contributed by atoms with van der Waals surface area (Å²) in [5.74, 6) is 0.340. The Bertz CT molecular complexity index is 481. The Morgan fingerprint density at radius 2 is 2.26 bits per heavy atom. The van der Waals surface area contributed by atoms with Crippen LogP contribution >= 0.6 is 0 Å². The molecule has 1 fully saturated rings. The van der Waals surface area contributed by atoms with Gasteiger partial charge >= 0.3 is 5.97 Å². The third kappa shape index (κ3) is 2.59. The van der Waals surface area contributed by atoms with Crippen LogP contribution in [0.1, 0.15) is 41.1 Å². The molecular formula is C15H20N2O2. The van der Waals surface area contributed by atoms with Crippen LogP contribution in [-0.2, 0) is 0 Å². The number of fused-ring (bicyclic) bond motifs is 1. The number of hydrogen-bond acceptors (Lipinski definition) is 3. The number of piperidine rings is 1. The van der Waals surface area contributed by atoms with Crippen LogP contribution < -0.4 is 10.6 Å². The molecule has 3 N–H and O–H groups in total. The Morgan fingerprint density at radius 3 is 3.00 bits per heavy atom. The van der Waals surface area contributed by atoms with Crippen molar-refractivity contribution in [1.29, 1.82) is 0 Å². The predicted octanol–water partition coefficient (Wildman–Crippen LogP) is 2.28. The highest BCUT2D eigenvalue weighted by Crippen LogP contribution is 2.37. The fourth-order valence-electron chi connectivity index (χ4n) is 3.28. The molecule has 0 amide bonds. The van der Waals surface area contributed by atoms with E-state index in [1.807, 2.05) is 12.1 Å². The topological polar surface area (TPSA) is 61.4 Å². The molecule has 1 saturated heterocycles. The molecule has 2 aliphatic rings. The monoisotopic (exact) mass is 260 g/mol. The van der Waals surface area contributed by atoms with Crippen molar-refractivity contribution in [3.05, 3.63) is 29.3 Å². The van der Waals surface area contributed by atoms with Gasteiger partial charge in [0.15, 0.2) is 0 Å². The highest BCUT2D eigenvalue weighted by atomic mass is 16.4. The molecule has 3 rings (SSSR count). The fraction of sp³-hybridized carbons (Fsp3) is 0.533. The van der Waals surface area contributed by atoms with Gasteiger partial charge < -0.3 is 15.7 Å². The molecule has 0 radical (unpaired) electrons. The molecule has 0 aromatic heterocycles. The van der Waals surface area contributed by atoms with E-state index in [-0.39, 0.29) is 0 Å². The van der Waals surface area contributed by atoms with Crippen molar-refractivity contribution in [2.45, 2.75) is 25.2 Å². The molecule has 1 aromatic rings. The highest BCUT2D eigenvalue weighted by molar-refractivity contribution is 5.88. The Morgan fingerprint density at radius 1 is 1.37 bits per heavy atom. The van der Waals surface area contributed by atoms with Gasteiger partial charge in [-0.25, -0.2) is 4.79 Å². The fourth-order valence-corrected chi connectivity index (χ4v) is 3.28. The van der Waals surface area contributed by atoms with Gasteiger partial charge in [0.25, 0.3) is 0 Å². The van der Waals surface area contributed by atoms with E-state index in [0.29, 0.717) is 11.5 Å². The lowest BCUT2D eigenvalue weighted by atomic mass is 9.86. The van der Waals surface area contributed by atoms with E-state index in [2.05, 4.69) is 10.6 Å². The van der Waals surface area contributed by atoms with E-state index in [1.165, 1.54) is 18.4 Å². The van der Waals surface area contributed by atoms with Crippen LogP contribution in [0.15, 0.2) is 18.2 Å². The molecule has 4 heteroatoms. The average Bonchev–Trinajstić information content (AvgIpc) is 2.82. The van der Waals surface area contributed by atoms with Crippen molar-refractivity contribution in [2.24, 2.45) is 5.92 Å². The number of hydrogen-bond donors (Lipinski definition) is 3. The minimum Gasteiger partial charge on any atom is -0.478 e. The van der Waals surface area contributed by atoms with Gasteiger partial charge in [0, 0.05) is 18.2 Å². The molecule has 0 aliphatic carbocycles. The van der Waals surface area contributed by atoms with Crippen molar-refractivity contribution in [1.82, 2.24) is 5.32 Å². The summed E-state index contributed by atoms with van der Waals surface area (Å²) in [5.41, 5.74) is 2.69. The molecule has 4 nitrogen and oxygen atoms in total. The Balaban J connectivity index is 1.76. The van der Waals surface area contributed by atoms with Crippen LogP contribution in [0.4, 0.5) is 5.69 Å². The van der Waals surface area contributed by atoms with Gasteiger partial charge in [-0.3, -0.25) is 0 Å². The number of aromatic carboxylic acids is 1. The minimum atomic E-state index is -0.840. The van der Waals surface area contributed by atoms with Gasteiger partial charge in [-0.1, -0.05) is 0 Å². The van der Waals surface area contributed by atoms with Crippen LogP contribution in [0.5, 0.6) is 0 Å². The smallest absolute Gasteiger partial charge is 0.335 e. The lowest BCUT2D eigenvalue weighted by Gasteiger charge is -2.25. The average molecular weight is 260 g/mol. The SMILES string of the molecule is O=C(O)c1ccc2c(c1)C(CC1CCCNC1)CN2. The van der Waals surface area contributed by atoms with Gasteiger partial charge in [0.2, 0.25) is 0 Å². The van der Waals surface area contributed by atoms with Gasteiger partial charge in [0.05, 0.1) is 5.56 Å². The summed E-state index contributed by atoms with van der Waals surface area (Å²) in [6.07, 6.45) is 3.69. The van der Waals surface area contributed by atoms with Gasteiger partial charge in [0.1, 0.15) is 0 Å². The zero-order valence-electron chi connectivity index (χ0n) is 11.0. The highest BCUT2D eigenvalue weighted by Gasteiger charge is 2.26. The standard InChI is InChI=1S/C15H20N2O2/c18-15(19)11-3-4-14-13(7-11)12(9-17-14)6-10-2-1-5-16-8-10/h3-4,7,10,12,16-17H,1-2,5-6,8-9H2,(H,18,19). The molecule has 1 aromatic carbocycles. The second-order valence-electron chi connectivity index (χ2n) is 5.63. The van der Waals surface area contributed by atoms with E-state index < -0.39 is 5.97 Å². The van der Waals surface area contributed by atoms with Crippen molar-refractivity contribution < 1.29 is 9.90 Å².